The van der Waals surface area contributed by atoms with Crippen LogP contribution in [-0.4, -0.2) is 23.1 Å². The van der Waals surface area contributed by atoms with Gasteiger partial charge in [-0.1, -0.05) is 41.0 Å². The molecule has 1 aliphatic rings. The van der Waals surface area contributed by atoms with E-state index < -0.39 is 0 Å². The number of aromatic nitrogens is 2. The smallest absolute Gasteiger partial charge is 0.134 e. The third-order valence-electron chi connectivity index (χ3n) is 5.58. The highest BCUT2D eigenvalue weighted by Gasteiger charge is 2.64. The van der Waals surface area contributed by atoms with Gasteiger partial charge in [0.25, 0.3) is 0 Å². The van der Waals surface area contributed by atoms with Crippen LogP contribution in [-0.2, 0) is 6.42 Å². The van der Waals surface area contributed by atoms with Crippen LogP contribution in [0.3, 0.4) is 0 Å². The van der Waals surface area contributed by atoms with E-state index in [0.29, 0.717) is 16.7 Å². The van der Waals surface area contributed by atoms with Gasteiger partial charge in [-0.05, 0) is 30.1 Å². The molecular formula is C17H30N4. The first kappa shape index (κ1) is 16.1. The van der Waals surface area contributed by atoms with Crippen LogP contribution in [0.2, 0.25) is 0 Å². The molecule has 1 fully saturated rings. The first-order valence-corrected chi connectivity index (χ1v) is 8.17. The van der Waals surface area contributed by atoms with Crippen LogP contribution < -0.4 is 10.6 Å². The molecular weight excluding hydrogens is 260 g/mol. The van der Waals surface area contributed by atoms with Crippen LogP contribution in [0.4, 0.5) is 11.6 Å². The van der Waals surface area contributed by atoms with Crippen LogP contribution in [0.5, 0.6) is 0 Å². The molecule has 0 radical (unpaired) electrons. The summed E-state index contributed by atoms with van der Waals surface area (Å²) in [7, 11) is 0. The summed E-state index contributed by atoms with van der Waals surface area (Å²) in [5.41, 5.74) is 2.03. The van der Waals surface area contributed by atoms with Crippen LogP contribution in [0.25, 0.3) is 0 Å². The maximum atomic E-state index is 4.47. The van der Waals surface area contributed by atoms with E-state index in [1.807, 2.05) is 0 Å². The molecule has 118 valence electrons. The zero-order valence-electron chi connectivity index (χ0n) is 14.4. The number of anilines is 2. The van der Waals surface area contributed by atoms with Crippen molar-refractivity contribution in [2.24, 2.45) is 16.7 Å². The van der Waals surface area contributed by atoms with E-state index in [9.17, 15) is 0 Å². The lowest BCUT2D eigenvalue weighted by atomic mass is 10.0. The van der Waals surface area contributed by atoms with Crippen LogP contribution >= 0.6 is 0 Å². The third-order valence-corrected chi connectivity index (χ3v) is 5.58. The van der Waals surface area contributed by atoms with E-state index in [2.05, 4.69) is 62.1 Å². The van der Waals surface area contributed by atoms with Crippen LogP contribution in [0.1, 0.15) is 53.5 Å². The van der Waals surface area contributed by atoms with Crippen molar-refractivity contribution in [1.29, 1.82) is 0 Å². The fourth-order valence-electron chi connectivity index (χ4n) is 3.41. The van der Waals surface area contributed by atoms with Crippen molar-refractivity contribution in [1.82, 2.24) is 9.97 Å². The molecule has 1 aliphatic carbocycles. The molecule has 0 aromatic carbocycles. The molecule has 1 heterocycles. The first-order chi connectivity index (χ1) is 9.86. The molecule has 0 atom stereocenters. The van der Waals surface area contributed by atoms with Gasteiger partial charge in [-0.3, -0.25) is 0 Å². The van der Waals surface area contributed by atoms with E-state index in [0.717, 1.165) is 37.6 Å². The Balaban J connectivity index is 2.11. The minimum Gasteiger partial charge on any atom is -0.370 e. The zero-order chi connectivity index (χ0) is 15.7. The molecule has 0 amide bonds. The lowest BCUT2D eigenvalue weighted by Crippen LogP contribution is -2.13. The predicted octanol–water partition coefficient (Wildman–Crippen LogP) is 3.96. The van der Waals surface area contributed by atoms with Crippen molar-refractivity contribution in [3.05, 3.63) is 11.9 Å². The van der Waals surface area contributed by atoms with Gasteiger partial charge in [0.15, 0.2) is 0 Å². The van der Waals surface area contributed by atoms with Crippen molar-refractivity contribution in [2.45, 2.75) is 54.4 Å². The summed E-state index contributed by atoms with van der Waals surface area (Å²) in [6, 6.07) is 0. The SMILES string of the molecule is CCCc1c(NCC)ncnc1NCC1C(C)(C)C1(C)C. The topological polar surface area (TPSA) is 49.8 Å². The van der Waals surface area contributed by atoms with E-state index in [1.54, 1.807) is 6.33 Å². The fourth-order valence-corrected chi connectivity index (χ4v) is 3.41. The lowest BCUT2D eigenvalue weighted by molar-refractivity contribution is 0.457. The lowest BCUT2D eigenvalue weighted by Gasteiger charge is -2.15. The summed E-state index contributed by atoms with van der Waals surface area (Å²) in [6.45, 7) is 15.6. The normalized spacial score (nSPS) is 19.3. The van der Waals surface area contributed by atoms with Crippen molar-refractivity contribution in [3.63, 3.8) is 0 Å². The molecule has 0 bridgehead atoms. The Morgan fingerprint density at radius 3 is 2.05 bits per heavy atom. The molecule has 1 saturated carbocycles. The average Bonchev–Trinajstić information content (AvgIpc) is 2.81. The standard InChI is InChI=1S/C17H30N4/c1-7-9-12-14(18-8-2)20-11-21-15(12)19-10-13-16(3,4)17(13,5)6/h11,13H,7-10H2,1-6H3,(H2,18,19,20,21). The summed E-state index contributed by atoms with van der Waals surface area (Å²) in [4.78, 5) is 8.86. The molecule has 21 heavy (non-hydrogen) atoms. The molecule has 0 spiro atoms. The maximum Gasteiger partial charge on any atom is 0.134 e. The number of hydrogen-bond acceptors (Lipinski definition) is 4. The number of hydrogen-bond donors (Lipinski definition) is 2. The number of nitrogens with zero attached hydrogens (tertiary/aromatic N) is 2. The second kappa shape index (κ2) is 5.82. The van der Waals surface area contributed by atoms with Gasteiger partial charge in [0.2, 0.25) is 0 Å². The van der Waals surface area contributed by atoms with Gasteiger partial charge in [-0.2, -0.15) is 0 Å². The molecule has 2 N–H and O–H groups in total. The van der Waals surface area contributed by atoms with Crippen molar-refractivity contribution in [3.8, 4) is 0 Å². The highest BCUT2D eigenvalue weighted by molar-refractivity contribution is 5.57. The van der Waals surface area contributed by atoms with Crippen LogP contribution in [0.15, 0.2) is 6.33 Å². The van der Waals surface area contributed by atoms with Gasteiger partial charge in [-0.25, -0.2) is 9.97 Å². The number of rotatable bonds is 7. The Kier molecular flexibility index (Phi) is 4.45. The zero-order valence-corrected chi connectivity index (χ0v) is 14.4. The summed E-state index contributed by atoms with van der Waals surface area (Å²) in [5.74, 6) is 2.67. The summed E-state index contributed by atoms with van der Waals surface area (Å²) in [6.07, 6.45) is 3.76. The maximum absolute atomic E-state index is 4.47. The van der Waals surface area contributed by atoms with Gasteiger partial charge in [-0.15, -0.1) is 0 Å². The average molecular weight is 290 g/mol. The molecule has 4 heteroatoms. The minimum atomic E-state index is 0.405. The quantitative estimate of drug-likeness (QED) is 0.798. The Bertz CT molecular complexity index is 480. The van der Waals surface area contributed by atoms with Gasteiger partial charge in [0.05, 0.1) is 0 Å². The van der Waals surface area contributed by atoms with Gasteiger partial charge < -0.3 is 10.6 Å². The van der Waals surface area contributed by atoms with Gasteiger partial charge >= 0.3 is 0 Å². The Morgan fingerprint density at radius 1 is 1.00 bits per heavy atom. The summed E-state index contributed by atoms with van der Waals surface area (Å²) >= 11 is 0. The molecule has 1 aromatic heterocycles. The molecule has 1 aromatic rings. The van der Waals surface area contributed by atoms with E-state index >= 15 is 0 Å². The first-order valence-electron chi connectivity index (χ1n) is 8.17. The summed E-state index contributed by atoms with van der Waals surface area (Å²) < 4.78 is 0. The minimum absolute atomic E-state index is 0.405. The second-order valence-electron chi connectivity index (χ2n) is 7.21. The second-order valence-corrected chi connectivity index (χ2v) is 7.21. The molecule has 0 aliphatic heterocycles. The van der Waals surface area contributed by atoms with Crippen molar-refractivity contribution < 1.29 is 0 Å². The Labute approximate surface area is 129 Å². The van der Waals surface area contributed by atoms with Gasteiger partial charge in [0, 0.05) is 18.7 Å². The molecule has 2 rings (SSSR count). The molecule has 4 nitrogen and oxygen atoms in total. The number of nitrogens with one attached hydrogen (secondary N) is 2. The predicted molar refractivity (Wildman–Crippen MR) is 89.7 cm³/mol. The van der Waals surface area contributed by atoms with E-state index in [4.69, 9.17) is 0 Å². The fraction of sp³-hybridized carbons (Fsp3) is 0.765. The van der Waals surface area contributed by atoms with Gasteiger partial charge in [0.1, 0.15) is 18.0 Å². The van der Waals surface area contributed by atoms with Crippen LogP contribution in [0, 0.1) is 16.7 Å². The Hall–Kier alpha value is -1.32. The monoisotopic (exact) mass is 290 g/mol. The molecule has 0 unspecified atom stereocenters. The van der Waals surface area contributed by atoms with E-state index in [-0.39, 0.29) is 0 Å². The molecule has 0 saturated heterocycles. The summed E-state index contributed by atoms with van der Waals surface area (Å²) in [5, 5.41) is 6.92. The van der Waals surface area contributed by atoms with Crippen molar-refractivity contribution >= 4 is 11.6 Å². The third kappa shape index (κ3) is 2.85. The van der Waals surface area contributed by atoms with Crippen molar-refractivity contribution in [2.75, 3.05) is 23.7 Å². The highest BCUT2D eigenvalue weighted by Crippen LogP contribution is 2.68. The largest absolute Gasteiger partial charge is 0.370 e. The highest BCUT2D eigenvalue weighted by atomic mass is 15.1. The Morgan fingerprint density at radius 2 is 1.57 bits per heavy atom. The van der Waals surface area contributed by atoms with E-state index in [1.165, 1.54) is 5.56 Å².